The lowest BCUT2D eigenvalue weighted by Gasteiger charge is -2.35. The predicted molar refractivity (Wildman–Crippen MR) is 101 cm³/mol. The van der Waals surface area contributed by atoms with Gasteiger partial charge in [0.2, 0.25) is 11.9 Å². The minimum Gasteiger partial charge on any atom is -0.383 e. The lowest BCUT2D eigenvalue weighted by Crippen LogP contribution is -2.50. The Kier molecular flexibility index (Phi) is 5.92. The molecule has 3 N–H and O–H groups in total. The van der Waals surface area contributed by atoms with Crippen molar-refractivity contribution in [2.24, 2.45) is 12.8 Å². The van der Waals surface area contributed by atoms with Gasteiger partial charge in [-0.15, -0.1) is 0 Å². The van der Waals surface area contributed by atoms with E-state index in [-0.39, 0.29) is 18.4 Å². The van der Waals surface area contributed by atoms with E-state index >= 15 is 0 Å². The number of anilines is 1. The van der Waals surface area contributed by atoms with Crippen LogP contribution in [0.1, 0.15) is 16.8 Å². The zero-order chi connectivity index (χ0) is 19.4. The number of nitrogens with one attached hydrogen (secondary N) is 1. The van der Waals surface area contributed by atoms with Crippen LogP contribution in [0, 0.1) is 0 Å². The van der Waals surface area contributed by atoms with Gasteiger partial charge in [-0.3, -0.25) is 9.59 Å². The molecule has 1 aromatic carbocycles. The number of carbonyl (C=O) groups is 2. The molecule has 146 valence electrons. The summed E-state index contributed by atoms with van der Waals surface area (Å²) in [7, 11) is 3.56. The number of hydrogen-bond acceptors (Lipinski definition) is 6. The molecule has 9 nitrogen and oxygen atoms in total. The monoisotopic (exact) mass is 375 g/mol. The average molecular weight is 375 g/mol. The van der Waals surface area contributed by atoms with Crippen LogP contribution >= 0.6 is 0 Å². The summed E-state index contributed by atoms with van der Waals surface area (Å²) in [5, 5.41) is 3.21. The normalized spacial score (nSPS) is 17.3. The predicted octanol–water partition coefficient (Wildman–Crippen LogP) is 0.348. The molecule has 0 radical (unpaired) electrons. The molecule has 0 saturated carbocycles. The number of methoxy groups -OCH3 is 1. The summed E-state index contributed by atoms with van der Waals surface area (Å²) in [6.07, 6.45) is 0.0884. The number of morpholine rings is 1. The lowest BCUT2D eigenvalue weighted by atomic mass is 10.1. The summed E-state index contributed by atoms with van der Waals surface area (Å²) in [6, 6.07) is 5.09. The molecule has 9 heteroatoms. The third-order valence-electron chi connectivity index (χ3n) is 4.64. The molecule has 1 atom stereocenters. The van der Waals surface area contributed by atoms with Gasteiger partial charge < -0.3 is 30.0 Å². The molecule has 1 aliphatic rings. The van der Waals surface area contributed by atoms with Gasteiger partial charge in [-0.05, 0) is 18.2 Å². The van der Waals surface area contributed by atoms with Gasteiger partial charge in [0.15, 0.2) is 0 Å². The number of nitrogens with zero attached hydrogens (tertiary/aromatic N) is 3. The van der Waals surface area contributed by atoms with Crippen LogP contribution in [0.4, 0.5) is 5.95 Å². The number of nitrogens with two attached hydrogens (primary N) is 1. The minimum atomic E-state index is -0.449. The SMILES string of the molecule is COCCNc1nc2cc(C(=O)N3CCOCC3CC(N)=O)ccc2n1C. The number of aryl methyl sites for hydroxylation is 1. The second-order valence-electron chi connectivity index (χ2n) is 6.52. The Labute approximate surface area is 157 Å². The van der Waals surface area contributed by atoms with Crippen LogP contribution in [0.3, 0.4) is 0 Å². The zero-order valence-electron chi connectivity index (χ0n) is 15.6. The number of primary amides is 1. The smallest absolute Gasteiger partial charge is 0.254 e. The van der Waals surface area contributed by atoms with Crippen molar-refractivity contribution >= 4 is 28.8 Å². The number of imidazole rings is 1. The summed E-state index contributed by atoms with van der Waals surface area (Å²) in [6.45, 7) is 2.41. The highest BCUT2D eigenvalue weighted by Gasteiger charge is 2.29. The van der Waals surface area contributed by atoms with Crippen molar-refractivity contribution in [3.63, 3.8) is 0 Å². The van der Waals surface area contributed by atoms with E-state index in [0.29, 0.717) is 44.4 Å². The molecule has 3 rings (SSSR count). The quantitative estimate of drug-likeness (QED) is 0.676. The van der Waals surface area contributed by atoms with E-state index in [0.717, 1.165) is 11.0 Å². The molecule has 2 amide bonds. The Balaban J connectivity index is 1.83. The molecular weight excluding hydrogens is 350 g/mol. The van der Waals surface area contributed by atoms with E-state index in [1.807, 2.05) is 17.7 Å². The van der Waals surface area contributed by atoms with E-state index in [4.69, 9.17) is 15.2 Å². The number of ether oxygens (including phenoxy) is 2. The van der Waals surface area contributed by atoms with Crippen LogP contribution in [0.25, 0.3) is 11.0 Å². The number of amides is 2. The summed E-state index contributed by atoms with van der Waals surface area (Å²) in [5.41, 5.74) is 7.48. The highest BCUT2D eigenvalue weighted by atomic mass is 16.5. The van der Waals surface area contributed by atoms with Gasteiger partial charge in [0.1, 0.15) is 0 Å². The first-order chi connectivity index (χ1) is 13.0. The summed E-state index contributed by atoms with van der Waals surface area (Å²) < 4.78 is 12.4. The van der Waals surface area contributed by atoms with Crippen LogP contribution < -0.4 is 11.1 Å². The van der Waals surface area contributed by atoms with Gasteiger partial charge in [-0.1, -0.05) is 0 Å². The molecule has 1 saturated heterocycles. The van der Waals surface area contributed by atoms with E-state index in [1.165, 1.54) is 0 Å². The lowest BCUT2D eigenvalue weighted by molar-refractivity contribution is -0.120. The Morgan fingerprint density at radius 3 is 3.00 bits per heavy atom. The van der Waals surface area contributed by atoms with Crippen molar-refractivity contribution in [3.8, 4) is 0 Å². The second-order valence-corrected chi connectivity index (χ2v) is 6.52. The first kappa shape index (κ1) is 19.1. The van der Waals surface area contributed by atoms with Crippen molar-refractivity contribution in [1.29, 1.82) is 0 Å². The zero-order valence-corrected chi connectivity index (χ0v) is 15.6. The average Bonchev–Trinajstić information content (AvgIpc) is 2.97. The number of hydrogen-bond donors (Lipinski definition) is 2. The topological polar surface area (TPSA) is 112 Å². The maximum atomic E-state index is 13.0. The highest BCUT2D eigenvalue weighted by Crippen LogP contribution is 2.22. The fourth-order valence-corrected chi connectivity index (χ4v) is 3.25. The first-order valence-corrected chi connectivity index (χ1v) is 8.87. The molecule has 27 heavy (non-hydrogen) atoms. The van der Waals surface area contributed by atoms with E-state index in [2.05, 4.69) is 10.3 Å². The van der Waals surface area contributed by atoms with Crippen molar-refractivity contribution in [2.45, 2.75) is 12.5 Å². The summed E-state index contributed by atoms with van der Waals surface area (Å²) in [5.74, 6) is 0.117. The second kappa shape index (κ2) is 8.36. The van der Waals surface area contributed by atoms with Crippen LogP contribution in [0.2, 0.25) is 0 Å². The molecule has 0 spiro atoms. The molecule has 1 aromatic heterocycles. The Morgan fingerprint density at radius 2 is 2.26 bits per heavy atom. The van der Waals surface area contributed by atoms with Crippen molar-refractivity contribution < 1.29 is 19.1 Å². The van der Waals surface area contributed by atoms with Crippen LogP contribution in [0.15, 0.2) is 18.2 Å². The maximum absolute atomic E-state index is 13.0. The molecule has 0 bridgehead atoms. The third-order valence-corrected chi connectivity index (χ3v) is 4.64. The molecule has 1 unspecified atom stereocenters. The van der Waals surface area contributed by atoms with Gasteiger partial charge in [0.05, 0.1) is 36.9 Å². The van der Waals surface area contributed by atoms with Crippen molar-refractivity contribution in [2.75, 3.05) is 45.3 Å². The largest absolute Gasteiger partial charge is 0.383 e. The fourth-order valence-electron chi connectivity index (χ4n) is 3.25. The summed E-state index contributed by atoms with van der Waals surface area (Å²) >= 11 is 0. The van der Waals surface area contributed by atoms with E-state index in [1.54, 1.807) is 24.1 Å². The number of aromatic nitrogens is 2. The van der Waals surface area contributed by atoms with Gasteiger partial charge in [-0.2, -0.15) is 0 Å². The van der Waals surface area contributed by atoms with Crippen molar-refractivity contribution in [3.05, 3.63) is 23.8 Å². The van der Waals surface area contributed by atoms with Gasteiger partial charge in [-0.25, -0.2) is 4.98 Å². The maximum Gasteiger partial charge on any atom is 0.254 e. The van der Waals surface area contributed by atoms with Crippen LogP contribution in [0.5, 0.6) is 0 Å². The first-order valence-electron chi connectivity index (χ1n) is 8.87. The summed E-state index contributed by atoms with van der Waals surface area (Å²) in [4.78, 5) is 30.5. The molecule has 1 aliphatic heterocycles. The Morgan fingerprint density at radius 1 is 1.44 bits per heavy atom. The number of rotatable bonds is 7. The minimum absolute atomic E-state index is 0.0884. The Hall–Kier alpha value is -2.65. The standard InChI is InChI=1S/C18H25N5O4/c1-22-15-4-3-12(9-14(15)21-18(22)20-5-7-26-2)17(25)23-6-8-27-11-13(23)10-16(19)24/h3-4,9,13H,5-8,10-11H2,1-2H3,(H2,19,24)(H,20,21). The number of carbonyl (C=O) groups excluding carboxylic acids is 2. The van der Waals surface area contributed by atoms with Crippen LogP contribution in [-0.2, 0) is 21.3 Å². The molecule has 2 aromatic rings. The molecule has 0 aliphatic carbocycles. The highest BCUT2D eigenvalue weighted by molar-refractivity contribution is 5.98. The van der Waals surface area contributed by atoms with Gasteiger partial charge >= 0.3 is 0 Å². The van der Waals surface area contributed by atoms with Gasteiger partial charge in [0, 0.05) is 39.2 Å². The molecule has 2 heterocycles. The van der Waals surface area contributed by atoms with Crippen molar-refractivity contribution in [1.82, 2.24) is 14.5 Å². The fraction of sp³-hybridized carbons (Fsp3) is 0.500. The molecular formula is C18H25N5O4. The van der Waals surface area contributed by atoms with E-state index in [9.17, 15) is 9.59 Å². The van der Waals surface area contributed by atoms with E-state index < -0.39 is 5.91 Å². The Bertz CT molecular complexity index is 835. The van der Waals surface area contributed by atoms with Gasteiger partial charge in [0.25, 0.3) is 5.91 Å². The van der Waals surface area contributed by atoms with Crippen LogP contribution in [-0.4, -0.2) is 72.3 Å². The number of benzene rings is 1. The third kappa shape index (κ3) is 4.20. The number of fused-ring (bicyclic) bond motifs is 1. The molecule has 1 fully saturated rings.